The third kappa shape index (κ3) is 5.63. The second kappa shape index (κ2) is 7.64. The molecule has 0 aliphatic carbocycles. The number of anilines is 1. The van der Waals surface area contributed by atoms with Crippen molar-refractivity contribution in [2.75, 3.05) is 24.1 Å². The van der Waals surface area contributed by atoms with Gasteiger partial charge in [-0.15, -0.1) is 0 Å². The minimum absolute atomic E-state index is 0.247. The highest BCUT2D eigenvalue weighted by atomic mass is 32.2. The number of amides is 1. The van der Waals surface area contributed by atoms with E-state index in [-0.39, 0.29) is 17.2 Å². The minimum atomic E-state index is -3.45. The molecule has 0 heterocycles. The smallest absolute Gasteiger partial charge is 0.253 e. The molecule has 2 N–H and O–H groups in total. The second-order valence-electron chi connectivity index (χ2n) is 4.84. The summed E-state index contributed by atoms with van der Waals surface area (Å²) in [6.45, 7) is 0.623. The van der Waals surface area contributed by atoms with Crippen molar-refractivity contribution in [1.82, 2.24) is 5.32 Å². The summed E-state index contributed by atoms with van der Waals surface area (Å²) in [6, 6.07) is 15.7. The Morgan fingerprint density at radius 2 is 1.70 bits per heavy atom. The fourth-order valence-electron chi connectivity index (χ4n) is 1.92. The average Bonchev–Trinajstić information content (AvgIpc) is 2.51. The van der Waals surface area contributed by atoms with E-state index in [2.05, 4.69) is 10.0 Å². The van der Waals surface area contributed by atoms with Crippen LogP contribution >= 0.6 is 0 Å². The summed E-state index contributed by atoms with van der Waals surface area (Å²) in [5.41, 5.74) is 0.508. The summed E-state index contributed by atoms with van der Waals surface area (Å²) in [6.07, 6.45) is 1.04. The largest absolute Gasteiger partial charge is 0.492 e. The fourth-order valence-corrected chi connectivity index (χ4v) is 2.49. The predicted octanol–water partition coefficient (Wildman–Crippen LogP) is 1.87. The third-order valence-corrected chi connectivity index (χ3v) is 3.46. The molecule has 0 spiro atoms. The Hall–Kier alpha value is -2.54. The highest BCUT2D eigenvalue weighted by Crippen LogP contribution is 2.16. The number of para-hydroxylation sites is 2. The molecule has 0 fully saturated rings. The van der Waals surface area contributed by atoms with Gasteiger partial charge in [0, 0.05) is 0 Å². The van der Waals surface area contributed by atoms with Gasteiger partial charge in [-0.3, -0.25) is 9.52 Å². The number of benzene rings is 2. The number of carbonyl (C=O) groups excluding carboxylic acids is 1. The van der Waals surface area contributed by atoms with Crippen molar-refractivity contribution in [3.8, 4) is 5.75 Å². The number of nitrogens with one attached hydrogen (secondary N) is 2. The number of rotatable bonds is 7. The van der Waals surface area contributed by atoms with Crippen LogP contribution in [0.2, 0.25) is 0 Å². The lowest BCUT2D eigenvalue weighted by Crippen LogP contribution is -2.29. The SMILES string of the molecule is CS(=O)(=O)Nc1ccccc1C(=O)NCCOc1ccccc1. The lowest BCUT2D eigenvalue weighted by atomic mass is 10.1. The molecule has 0 aromatic heterocycles. The molecule has 6 nitrogen and oxygen atoms in total. The Morgan fingerprint density at radius 3 is 2.39 bits per heavy atom. The maximum Gasteiger partial charge on any atom is 0.253 e. The normalized spacial score (nSPS) is 10.8. The van der Waals surface area contributed by atoms with E-state index in [9.17, 15) is 13.2 Å². The van der Waals surface area contributed by atoms with Crippen molar-refractivity contribution in [2.45, 2.75) is 0 Å². The van der Waals surface area contributed by atoms with E-state index in [1.54, 1.807) is 18.2 Å². The molecule has 2 aromatic carbocycles. The highest BCUT2D eigenvalue weighted by molar-refractivity contribution is 7.92. The van der Waals surface area contributed by atoms with Crippen LogP contribution in [0.5, 0.6) is 5.75 Å². The van der Waals surface area contributed by atoms with Gasteiger partial charge in [0.15, 0.2) is 0 Å². The van der Waals surface area contributed by atoms with Crippen LogP contribution in [0.15, 0.2) is 54.6 Å². The van der Waals surface area contributed by atoms with Crippen LogP contribution in [0.1, 0.15) is 10.4 Å². The van der Waals surface area contributed by atoms with Gasteiger partial charge in [0.1, 0.15) is 12.4 Å². The van der Waals surface area contributed by atoms with Crippen LogP contribution in [-0.2, 0) is 10.0 Å². The van der Waals surface area contributed by atoms with Crippen LogP contribution in [-0.4, -0.2) is 33.7 Å². The van der Waals surface area contributed by atoms with E-state index in [0.29, 0.717) is 13.2 Å². The minimum Gasteiger partial charge on any atom is -0.492 e. The lowest BCUT2D eigenvalue weighted by molar-refractivity contribution is 0.0948. The molecule has 0 aliphatic heterocycles. The summed E-state index contributed by atoms with van der Waals surface area (Å²) in [5.74, 6) is 0.356. The third-order valence-electron chi connectivity index (χ3n) is 2.87. The summed E-state index contributed by atoms with van der Waals surface area (Å²) < 4.78 is 30.5. The Morgan fingerprint density at radius 1 is 1.04 bits per heavy atom. The molecule has 0 bridgehead atoms. The van der Waals surface area contributed by atoms with E-state index in [4.69, 9.17) is 4.74 Å². The molecule has 0 saturated heterocycles. The summed E-state index contributed by atoms with van der Waals surface area (Å²) >= 11 is 0. The standard InChI is InChI=1S/C16H18N2O4S/c1-23(20,21)18-15-10-6-5-9-14(15)16(19)17-11-12-22-13-7-3-2-4-8-13/h2-10,18H,11-12H2,1H3,(H,17,19). The van der Waals surface area contributed by atoms with E-state index in [0.717, 1.165) is 12.0 Å². The molecule has 122 valence electrons. The van der Waals surface area contributed by atoms with Gasteiger partial charge in [-0.25, -0.2) is 8.42 Å². The zero-order chi connectivity index (χ0) is 16.7. The zero-order valence-corrected chi connectivity index (χ0v) is 13.5. The van der Waals surface area contributed by atoms with Gasteiger partial charge in [0.2, 0.25) is 10.0 Å². The average molecular weight is 334 g/mol. The summed E-state index contributed by atoms with van der Waals surface area (Å²) in [5, 5.41) is 2.70. The molecule has 0 saturated carbocycles. The van der Waals surface area contributed by atoms with Crippen molar-refractivity contribution in [3.63, 3.8) is 0 Å². The molecular weight excluding hydrogens is 316 g/mol. The van der Waals surface area contributed by atoms with Crippen molar-refractivity contribution in [2.24, 2.45) is 0 Å². The number of carbonyl (C=O) groups is 1. The second-order valence-corrected chi connectivity index (χ2v) is 6.59. The van der Waals surface area contributed by atoms with E-state index >= 15 is 0 Å². The number of sulfonamides is 1. The maximum atomic E-state index is 12.2. The molecule has 2 aromatic rings. The van der Waals surface area contributed by atoms with Crippen LogP contribution in [0, 0.1) is 0 Å². The van der Waals surface area contributed by atoms with Crippen molar-refractivity contribution in [3.05, 3.63) is 60.2 Å². The first kappa shape index (κ1) is 16.8. The highest BCUT2D eigenvalue weighted by Gasteiger charge is 2.13. The predicted molar refractivity (Wildman–Crippen MR) is 89.2 cm³/mol. The molecule has 0 unspecified atom stereocenters. The van der Waals surface area contributed by atoms with Crippen LogP contribution < -0.4 is 14.8 Å². The van der Waals surface area contributed by atoms with Crippen molar-refractivity contribution < 1.29 is 17.9 Å². The monoisotopic (exact) mass is 334 g/mol. The van der Waals surface area contributed by atoms with Gasteiger partial charge in [-0.1, -0.05) is 30.3 Å². The molecule has 0 radical (unpaired) electrons. The lowest BCUT2D eigenvalue weighted by Gasteiger charge is -2.11. The van der Waals surface area contributed by atoms with Crippen LogP contribution in [0.3, 0.4) is 0 Å². The number of hydrogen-bond donors (Lipinski definition) is 2. The first-order chi connectivity index (χ1) is 11.0. The van der Waals surface area contributed by atoms with Gasteiger partial charge >= 0.3 is 0 Å². The molecule has 2 rings (SSSR count). The Kier molecular flexibility index (Phi) is 5.59. The van der Waals surface area contributed by atoms with Crippen LogP contribution in [0.25, 0.3) is 0 Å². The van der Waals surface area contributed by atoms with Gasteiger partial charge in [0.25, 0.3) is 5.91 Å². The summed E-state index contributed by atoms with van der Waals surface area (Å²) in [4.78, 5) is 12.2. The Balaban J connectivity index is 1.91. The molecule has 0 atom stereocenters. The Bertz CT molecular complexity index is 761. The molecule has 23 heavy (non-hydrogen) atoms. The van der Waals surface area contributed by atoms with Gasteiger partial charge < -0.3 is 10.1 Å². The van der Waals surface area contributed by atoms with Crippen molar-refractivity contribution >= 4 is 21.6 Å². The van der Waals surface area contributed by atoms with Gasteiger partial charge in [0.05, 0.1) is 24.1 Å². The van der Waals surface area contributed by atoms with E-state index < -0.39 is 10.0 Å². The molecular formula is C16H18N2O4S. The van der Waals surface area contributed by atoms with Crippen LogP contribution in [0.4, 0.5) is 5.69 Å². The Labute approximate surface area is 135 Å². The maximum absolute atomic E-state index is 12.2. The summed E-state index contributed by atoms with van der Waals surface area (Å²) in [7, 11) is -3.45. The van der Waals surface area contributed by atoms with Crippen molar-refractivity contribution in [1.29, 1.82) is 0 Å². The zero-order valence-electron chi connectivity index (χ0n) is 12.7. The topological polar surface area (TPSA) is 84.5 Å². The first-order valence-electron chi connectivity index (χ1n) is 6.98. The van der Waals surface area contributed by atoms with Gasteiger partial charge in [-0.05, 0) is 24.3 Å². The molecule has 1 amide bonds. The first-order valence-corrected chi connectivity index (χ1v) is 8.88. The number of hydrogen-bond acceptors (Lipinski definition) is 4. The van der Waals surface area contributed by atoms with Gasteiger partial charge in [-0.2, -0.15) is 0 Å². The quantitative estimate of drug-likeness (QED) is 0.757. The number of ether oxygens (including phenoxy) is 1. The van der Waals surface area contributed by atoms with E-state index in [1.807, 2.05) is 30.3 Å². The molecule has 0 aliphatic rings. The van der Waals surface area contributed by atoms with E-state index in [1.165, 1.54) is 6.07 Å². The fraction of sp³-hybridized carbons (Fsp3) is 0.188. The molecule has 7 heteroatoms.